The van der Waals surface area contributed by atoms with E-state index in [9.17, 15) is 9.59 Å². The molecule has 1 aromatic carbocycles. The Bertz CT molecular complexity index is 536. The minimum absolute atomic E-state index is 0.0584. The third-order valence-electron chi connectivity index (χ3n) is 3.61. The molecule has 22 heavy (non-hydrogen) atoms. The van der Waals surface area contributed by atoms with Crippen molar-refractivity contribution in [2.45, 2.75) is 37.6 Å². The minimum atomic E-state index is -0.420. The maximum atomic E-state index is 12.1. The number of fused-ring (bicyclic) bond motifs is 1. The number of benzene rings is 1. The number of amides is 3. The van der Waals surface area contributed by atoms with Gasteiger partial charge >= 0.3 is 6.03 Å². The number of imide groups is 1. The van der Waals surface area contributed by atoms with Crippen LogP contribution in [0.5, 0.6) is 0 Å². The summed E-state index contributed by atoms with van der Waals surface area (Å²) in [6.07, 6.45) is 1.85. The lowest BCUT2D eigenvalue weighted by Crippen LogP contribution is -2.47. The zero-order valence-electron chi connectivity index (χ0n) is 13.1. The van der Waals surface area contributed by atoms with E-state index in [0.29, 0.717) is 0 Å². The number of carbonyl (C=O) groups is 2. The molecule has 1 aromatic rings. The van der Waals surface area contributed by atoms with Gasteiger partial charge in [0.15, 0.2) is 0 Å². The van der Waals surface area contributed by atoms with Gasteiger partial charge in [-0.25, -0.2) is 4.79 Å². The molecule has 0 radical (unpaired) electrons. The highest BCUT2D eigenvalue weighted by atomic mass is 32.2. The van der Waals surface area contributed by atoms with Crippen molar-refractivity contribution in [3.63, 3.8) is 0 Å². The Morgan fingerprint density at radius 1 is 1.36 bits per heavy atom. The molecular weight excluding hydrogens is 298 g/mol. The zero-order chi connectivity index (χ0) is 15.9. The van der Waals surface area contributed by atoms with Gasteiger partial charge in [0.2, 0.25) is 5.91 Å². The first-order valence-corrected chi connectivity index (χ1v) is 8.65. The topological polar surface area (TPSA) is 61.4 Å². The molecule has 3 amide bonds. The van der Waals surface area contributed by atoms with Gasteiger partial charge in [0.05, 0.1) is 12.2 Å². The van der Waals surface area contributed by atoms with Gasteiger partial charge in [-0.1, -0.05) is 19.1 Å². The quantitative estimate of drug-likeness (QED) is 0.895. The Kier molecular flexibility index (Phi) is 6.12. The van der Waals surface area contributed by atoms with Gasteiger partial charge < -0.3 is 10.2 Å². The van der Waals surface area contributed by atoms with Crippen molar-refractivity contribution in [1.29, 1.82) is 0 Å². The maximum absolute atomic E-state index is 12.1. The van der Waals surface area contributed by atoms with Crippen molar-refractivity contribution in [3.05, 3.63) is 24.3 Å². The van der Waals surface area contributed by atoms with Gasteiger partial charge in [-0.2, -0.15) is 0 Å². The van der Waals surface area contributed by atoms with Crippen LogP contribution in [0.2, 0.25) is 0 Å². The highest BCUT2D eigenvalue weighted by molar-refractivity contribution is 7.99. The molecule has 120 valence electrons. The molecule has 0 spiro atoms. The summed E-state index contributed by atoms with van der Waals surface area (Å²) in [5, 5.41) is 5.14. The molecule has 6 heteroatoms. The molecule has 1 atom stereocenters. The molecule has 5 nitrogen and oxygen atoms in total. The summed E-state index contributed by atoms with van der Waals surface area (Å²) in [5.41, 5.74) is 1.07. The van der Waals surface area contributed by atoms with Crippen molar-refractivity contribution in [3.8, 4) is 0 Å². The lowest BCUT2D eigenvalue weighted by molar-refractivity contribution is -0.118. The van der Waals surface area contributed by atoms with Crippen LogP contribution in [-0.4, -0.2) is 36.8 Å². The van der Waals surface area contributed by atoms with Crippen LogP contribution in [0.25, 0.3) is 0 Å². The Hall–Kier alpha value is -1.69. The fourth-order valence-corrected chi connectivity index (χ4v) is 3.28. The molecule has 0 bridgehead atoms. The number of hydrogen-bond acceptors (Lipinski definition) is 4. The fraction of sp³-hybridized carbons (Fsp3) is 0.500. The molecule has 0 saturated heterocycles. The van der Waals surface area contributed by atoms with E-state index in [-0.39, 0.29) is 18.5 Å². The Balaban J connectivity index is 1.95. The second-order valence-corrected chi connectivity index (χ2v) is 6.56. The summed E-state index contributed by atoms with van der Waals surface area (Å²) < 4.78 is 0. The van der Waals surface area contributed by atoms with Gasteiger partial charge in [0.1, 0.15) is 0 Å². The number of rotatable bonds is 4. The van der Waals surface area contributed by atoms with E-state index in [1.165, 1.54) is 4.90 Å². The lowest BCUT2D eigenvalue weighted by atomic mass is 10.2. The lowest BCUT2D eigenvalue weighted by Gasteiger charge is -2.23. The first-order chi connectivity index (χ1) is 10.6. The predicted molar refractivity (Wildman–Crippen MR) is 90.4 cm³/mol. The normalized spacial score (nSPS) is 15.5. The van der Waals surface area contributed by atoms with E-state index in [2.05, 4.69) is 16.7 Å². The SMILES string of the molecule is CC[C@@H](C)NC(=O)NC(=O)CN1CCCSc2ccccc21. The van der Waals surface area contributed by atoms with Crippen molar-refractivity contribution in [2.24, 2.45) is 0 Å². The molecule has 1 heterocycles. The van der Waals surface area contributed by atoms with Crippen LogP contribution in [0.1, 0.15) is 26.7 Å². The first kappa shape index (κ1) is 16.7. The molecule has 2 N–H and O–H groups in total. The highest BCUT2D eigenvalue weighted by Gasteiger charge is 2.19. The standard InChI is InChI=1S/C16H23N3O2S/c1-3-12(2)17-16(21)18-15(20)11-19-9-6-10-22-14-8-5-4-7-13(14)19/h4-5,7-8,12H,3,6,9-11H2,1-2H3,(H2,17,18,20,21)/t12-/m1/s1. The zero-order valence-corrected chi connectivity index (χ0v) is 13.9. The Morgan fingerprint density at radius 2 is 2.14 bits per heavy atom. The largest absolute Gasteiger partial charge is 0.361 e. The number of anilines is 1. The number of para-hydroxylation sites is 1. The average Bonchev–Trinajstić information content (AvgIpc) is 2.69. The molecule has 0 aliphatic carbocycles. The van der Waals surface area contributed by atoms with Gasteiger partial charge in [0.25, 0.3) is 0 Å². The third kappa shape index (κ3) is 4.66. The van der Waals surface area contributed by atoms with E-state index in [0.717, 1.165) is 30.8 Å². The van der Waals surface area contributed by atoms with Crippen molar-refractivity contribution >= 4 is 29.4 Å². The molecular formula is C16H23N3O2S. The van der Waals surface area contributed by atoms with E-state index >= 15 is 0 Å². The fourth-order valence-electron chi connectivity index (χ4n) is 2.26. The summed E-state index contributed by atoms with van der Waals surface area (Å²) in [7, 11) is 0. The molecule has 0 saturated carbocycles. The smallest absolute Gasteiger partial charge is 0.321 e. The van der Waals surface area contributed by atoms with E-state index in [4.69, 9.17) is 0 Å². The van der Waals surface area contributed by atoms with Crippen LogP contribution < -0.4 is 15.5 Å². The van der Waals surface area contributed by atoms with Crippen LogP contribution in [0.3, 0.4) is 0 Å². The second-order valence-electron chi connectivity index (χ2n) is 5.42. The summed E-state index contributed by atoms with van der Waals surface area (Å²) in [4.78, 5) is 27.0. The Morgan fingerprint density at radius 3 is 2.91 bits per heavy atom. The summed E-state index contributed by atoms with van der Waals surface area (Å²) >= 11 is 1.81. The van der Waals surface area contributed by atoms with E-state index in [1.54, 1.807) is 0 Å². The second kappa shape index (κ2) is 8.08. The van der Waals surface area contributed by atoms with Crippen LogP contribution in [-0.2, 0) is 4.79 Å². The number of carbonyl (C=O) groups excluding carboxylic acids is 2. The molecule has 1 aliphatic heterocycles. The van der Waals surface area contributed by atoms with Gasteiger partial charge in [-0.15, -0.1) is 11.8 Å². The first-order valence-electron chi connectivity index (χ1n) is 7.67. The van der Waals surface area contributed by atoms with Gasteiger partial charge in [-0.3, -0.25) is 10.1 Å². The van der Waals surface area contributed by atoms with Crippen molar-refractivity contribution in [1.82, 2.24) is 10.6 Å². The number of thioether (sulfide) groups is 1. The monoisotopic (exact) mass is 321 g/mol. The summed E-state index contributed by atoms with van der Waals surface area (Å²) in [6, 6.07) is 7.73. The number of hydrogen-bond donors (Lipinski definition) is 2. The maximum Gasteiger partial charge on any atom is 0.321 e. The predicted octanol–water partition coefficient (Wildman–Crippen LogP) is 2.61. The third-order valence-corrected chi connectivity index (χ3v) is 4.76. The van der Waals surface area contributed by atoms with Crippen LogP contribution in [0.4, 0.5) is 10.5 Å². The van der Waals surface area contributed by atoms with Crippen molar-refractivity contribution in [2.75, 3.05) is 23.7 Å². The van der Waals surface area contributed by atoms with Crippen LogP contribution >= 0.6 is 11.8 Å². The summed E-state index contributed by atoms with van der Waals surface area (Å²) in [5.74, 6) is 0.770. The Labute approximate surface area is 135 Å². The average molecular weight is 321 g/mol. The van der Waals surface area contributed by atoms with Gasteiger partial charge in [0, 0.05) is 17.5 Å². The van der Waals surface area contributed by atoms with Crippen LogP contribution in [0, 0.1) is 0 Å². The highest BCUT2D eigenvalue weighted by Crippen LogP contribution is 2.33. The molecule has 2 rings (SSSR count). The summed E-state index contributed by atoms with van der Waals surface area (Å²) in [6.45, 7) is 4.92. The molecule has 0 fully saturated rings. The molecule has 1 aliphatic rings. The molecule has 0 aromatic heterocycles. The number of nitrogens with one attached hydrogen (secondary N) is 2. The van der Waals surface area contributed by atoms with Gasteiger partial charge in [-0.05, 0) is 37.7 Å². The molecule has 0 unspecified atom stereocenters. The van der Waals surface area contributed by atoms with Crippen molar-refractivity contribution < 1.29 is 9.59 Å². The minimum Gasteiger partial charge on any atom is -0.361 e. The van der Waals surface area contributed by atoms with Crippen LogP contribution in [0.15, 0.2) is 29.2 Å². The number of urea groups is 1. The van der Waals surface area contributed by atoms with E-state index in [1.807, 2.05) is 48.7 Å². The van der Waals surface area contributed by atoms with E-state index < -0.39 is 6.03 Å². The number of nitrogens with zero attached hydrogens (tertiary/aromatic N) is 1.